The first kappa shape index (κ1) is 17.5. The Hall–Kier alpha value is -3.33. The van der Waals surface area contributed by atoms with Gasteiger partial charge in [-0.1, -0.05) is 60.2 Å². The summed E-state index contributed by atoms with van der Waals surface area (Å²) in [5, 5.41) is 0. The minimum absolute atomic E-state index is 0.413. The fourth-order valence-electron chi connectivity index (χ4n) is 2.34. The van der Waals surface area contributed by atoms with Crippen molar-refractivity contribution in [2.75, 3.05) is 0 Å². The first-order valence-electron chi connectivity index (χ1n) is 8.42. The van der Waals surface area contributed by atoms with Crippen molar-refractivity contribution in [3.63, 3.8) is 0 Å². The maximum atomic E-state index is 11.9. The van der Waals surface area contributed by atoms with Gasteiger partial charge in [-0.2, -0.15) is 0 Å². The number of carbonyl (C=O) groups excluding carboxylic acids is 1. The molecule has 130 valence electrons. The first-order valence-corrected chi connectivity index (χ1v) is 8.42. The summed E-state index contributed by atoms with van der Waals surface area (Å²) < 4.78 is 11.0. The molecule has 3 nitrogen and oxygen atoms in total. The van der Waals surface area contributed by atoms with E-state index in [1.165, 1.54) is 11.6 Å². The van der Waals surface area contributed by atoms with Crippen LogP contribution in [0.4, 0.5) is 0 Å². The number of esters is 1. The fourth-order valence-corrected chi connectivity index (χ4v) is 2.34. The molecule has 0 saturated heterocycles. The van der Waals surface area contributed by atoms with Gasteiger partial charge in [0, 0.05) is 6.08 Å². The number of aryl methyl sites for hydroxylation is 1. The Balaban J connectivity index is 1.51. The van der Waals surface area contributed by atoms with E-state index in [0.717, 1.165) is 16.9 Å². The van der Waals surface area contributed by atoms with E-state index in [1.54, 1.807) is 30.3 Å². The Morgan fingerprint density at radius 2 is 1.50 bits per heavy atom. The third-order valence-electron chi connectivity index (χ3n) is 3.78. The van der Waals surface area contributed by atoms with E-state index < -0.39 is 5.97 Å². The molecule has 0 bridgehead atoms. The van der Waals surface area contributed by atoms with Crippen LogP contribution in [0, 0.1) is 6.92 Å². The molecule has 0 aliphatic heterocycles. The van der Waals surface area contributed by atoms with Gasteiger partial charge in [0.05, 0.1) is 0 Å². The van der Waals surface area contributed by atoms with Crippen molar-refractivity contribution in [3.8, 4) is 11.5 Å². The van der Waals surface area contributed by atoms with E-state index in [9.17, 15) is 4.79 Å². The van der Waals surface area contributed by atoms with Crippen molar-refractivity contribution in [2.45, 2.75) is 13.5 Å². The van der Waals surface area contributed by atoms with Crippen LogP contribution in [0.1, 0.15) is 16.7 Å². The van der Waals surface area contributed by atoms with Crippen LogP contribution >= 0.6 is 0 Å². The van der Waals surface area contributed by atoms with E-state index in [4.69, 9.17) is 9.47 Å². The van der Waals surface area contributed by atoms with Crippen molar-refractivity contribution in [1.29, 1.82) is 0 Å². The Morgan fingerprint density at radius 1 is 0.846 bits per heavy atom. The molecule has 0 aliphatic carbocycles. The van der Waals surface area contributed by atoms with Gasteiger partial charge in [0.2, 0.25) is 0 Å². The number of carbonyl (C=O) groups is 1. The molecule has 0 heterocycles. The average molecular weight is 344 g/mol. The van der Waals surface area contributed by atoms with Crippen molar-refractivity contribution < 1.29 is 14.3 Å². The van der Waals surface area contributed by atoms with Crippen LogP contribution in [0.2, 0.25) is 0 Å². The predicted octanol–water partition coefficient (Wildman–Crippen LogP) is 5.19. The van der Waals surface area contributed by atoms with Crippen molar-refractivity contribution in [3.05, 3.63) is 102 Å². The summed E-state index contributed by atoms with van der Waals surface area (Å²) in [6.07, 6.45) is 3.16. The topological polar surface area (TPSA) is 35.5 Å². The first-order chi connectivity index (χ1) is 12.7. The highest BCUT2D eigenvalue weighted by atomic mass is 16.5. The molecule has 0 aliphatic rings. The SMILES string of the molecule is Cc1ccc(/C=C/C(=O)Oc2ccc(OCc3ccccc3)cc2)cc1. The molecule has 0 aromatic heterocycles. The molecule has 26 heavy (non-hydrogen) atoms. The normalized spacial score (nSPS) is 10.7. The molecule has 0 atom stereocenters. The number of rotatable bonds is 6. The van der Waals surface area contributed by atoms with E-state index >= 15 is 0 Å². The molecule has 3 aromatic rings. The smallest absolute Gasteiger partial charge is 0.336 e. The van der Waals surface area contributed by atoms with Gasteiger partial charge in [0.15, 0.2) is 0 Å². The van der Waals surface area contributed by atoms with Gasteiger partial charge in [-0.05, 0) is 48.4 Å². The summed E-state index contributed by atoms with van der Waals surface area (Å²) in [4.78, 5) is 11.9. The largest absolute Gasteiger partial charge is 0.489 e. The second-order valence-electron chi connectivity index (χ2n) is 5.91. The van der Waals surface area contributed by atoms with Crippen LogP contribution in [0.25, 0.3) is 6.08 Å². The predicted molar refractivity (Wildman–Crippen MR) is 103 cm³/mol. The van der Waals surface area contributed by atoms with Crippen LogP contribution in [-0.2, 0) is 11.4 Å². The highest BCUT2D eigenvalue weighted by Gasteiger charge is 2.02. The van der Waals surface area contributed by atoms with E-state index in [0.29, 0.717) is 12.4 Å². The van der Waals surface area contributed by atoms with Crippen LogP contribution < -0.4 is 9.47 Å². The lowest BCUT2D eigenvalue weighted by Gasteiger charge is -2.07. The van der Waals surface area contributed by atoms with Gasteiger partial charge in [0.1, 0.15) is 18.1 Å². The third-order valence-corrected chi connectivity index (χ3v) is 3.78. The molecule has 3 rings (SSSR count). The summed E-state index contributed by atoms with van der Waals surface area (Å²) in [5.74, 6) is 0.794. The van der Waals surface area contributed by atoms with E-state index in [1.807, 2.05) is 61.5 Å². The molecular weight excluding hydrogens is 324 g/mol. The minimum atomic E-state index is -0.413. The Labute approximate surface area is 153 Å². The molecule has 0 fully saturated rings. The van der Waals surface area contributed by atoms with Gasteiger partial charge >= 0.3 is 5.97 Å². The van der Waals surface area contributed by atoms with Gasteiger partial charge < -0.3 is 9.47 Å². The van der Waals surface area contributed by atoms with Crippen LogP contribution in [0.15, 0.2) is 84.9 Å². The van der Waals surface area contributed by atoms with Gasteiger partial charge in [-0.15, -0.1) is 0 Å². The third kappa shape index (κ3) is 5.35. The van der Waals surface area contributed by atoms with E-state index in [-0.39, 0.29) is 0 Å². The summed E-state index contributed by atoms with van der Waals surface area (Å²) in [6.45, 7) is 2.52. The number of hydrogen-bond donors (Lipinski definition) is 0. The summed E-state index contributed by atoms with van der Waals surface area (Å²) >= 11 is 0. The molecule has 0 amide bonds. The zero-order valence-electron chi connectivity index (χ0n) is 14.6. The minimum Gasteiger partial charge on any atom is -0.489 e. The summed E-state index contributed by atoms with van der Waals surface area (Å²) in [7, 11) is 0. The Morgan fingerprint density at radius 3 is 2.19 bits per heavy atom. The van der Waals surface area contributed by atoms with Crippen LogP contribution in [0.5, 0.6) is 11.5 Å². The van der Waals surface area contributed by atoms with Crippen LogP contribution in [-0.4, -0.2) is 5.97 Å². The molecule has 0 radical (unpaired) electrons. The summed E-state index contributed by atoms with van der Waals surface area (Å²) in [5.41, 5.74) is 3.24. The zero-order chi connectivity index (χ0) is 18.2. The molecule has 0 spiro atoms. The lowest BCUT2D eigenvalue weighted by atomic mass is 10.1. The second kappa shape index (κ2) is 8.67. The maximum absolute atomic E-state index is 11.9. The second-order valence-corrected chi connectivity index (χ2v) is 5.91. The molecular formula is C23H20O3. The summed E-state index contributed by atoms with van der Waals surface area (Å²) in [6, 6.07) is 24.9. The maximum Gasteiger partial charge on any atom is 0.336 e. The quantitative estimate of drug-likeness (QED) is 0.350. The Bertz CT molecular complexity index is 864. The Kier molecular flexibility index (Phi) is 5.84. The van der Waals surface area contributed by atoms with Gasteiger partial charge in [0.25, 0.3) is 0 Å². The number of benzene rings is 3. The lowest BCUT2D eigenvalue weighted by molar-refractivity contribution is -0.128. The number of hydrogen-bond acceptors (Lipinski definition) is 3. The molecule has 0 unspecified atom stereocenters. The standard InChI is InChI=1S/C23H20O3/c1-18-7-9-19(10-8-18)11-16-23(24)26-22-14-12-21(13-15-22)25-17-20-5-3-2-4-6-20/h2-16H,17H2,1H3/b16-11+. The average Bonchev–Trinajstić information content (AvgIpc) is 2.68. The lowest BCUT2D eigenvalue weighted by Crippen LogP contribution is -2.03. The highest BCUT2D eigenvalue weighted by Crippen LogP contribution is 2.19. The molecule has 3 aromatic carbocycles. The highest BCUT2D eigenvalue weighted by molar-refractivity contribution is 5.88. The number of ether oxygens (including phenoxy) is 2. The van der Waals surface area contributed by atoms with E-state index in [2.05, 4.69) is 0 Å². The molecule has 3 heteroatoms. The monoisotopic (exact) mass is 344 g/mol. The van der Waals surface area contributed by atoms with Crippen molar-refractivity contribution >= 4 is 12.0 Å². The molecule has 0 N–H and O–H groups in total. The fraction of sp³-hybridized carbons (Fsp3) is 0.0870. The van der Waals surface area contributed by atoms with Crippen molar-refractivity contribution in [2.24, 2.45) is 0 Å². The van der Waals surface area contributed by atoms with Crippen LogP contribution in [0.3, 0.4) is 0 Å². The van der Waals surface area contributed by atoms with Crippen molar-refractivity contribution in [1.82, 2.24) is 0 Å². The van der Waals surface area contributed by atoms with Gasteiger partial charge in [-0.3, -0.25) is 0 Å². The molecule has 0 saturated carbocycles. The van der Waals surface area contributed by atoms with Gasteiger partial charge in [-0.25, -0.2) is 4.79 Å². The zero-order valence-corrected chi connectivity index (χ0v) is 14.6.